The second-order valence-electron chi connectivity index (χ2n) is 6.46. The highest BCUT2D eigenvalue weighted by molar-refractivity contribution is 14.0. The molecular weight excluding hydrogens is 417 g/mol. The molecule has 1 aliphatic rings. The smallest absolute Gasteiger partial charge is 0.191 e. The Labute approximate surface area is 162 Å². The fourth-order valence-corrected chi connectivity index (χ4v) is 3.34. The van der Waals surface area contributed by atoms with Crippen molar-refractivity contribution in [1.82, 2.24) is 20.2 Å². The minimum Gasteiger partial charge on any atom is -0.396 e. The number of aliphatic imine (C=N–C) groups is 1. The Hall–Kier alpha value is -0.830. The van der Waals surface area contributed by atoms with Crippen LogP contribution in [-0.4, -0.2) is 46.9 Å². The predicted molar refractivity (Wildman–Crippen MR) is 109 cm³/mol. The van der Waals surface area contributed by atoms with Gasteiger partial charge in [0.15, 0.2) is 5.96 Å². The molecule has 0 atom stereocenters. The van der Waals surface area contributed by atoms with E-state index in [4.69, 9.17) is 4.99 Å². The van der Waals surface area contributed by atoms with Gasteiger partial charge in [-0.2, -0.15) is 0 Å². The average molecular weight is 449 g/mol. The zero-order valence-corrected chi connectivity index (χ0v) is 17.0. The van der Waals surface area contributed by atoms with E-state index in [-0.39, 0.29) is 36.0 Å². The largest absolute Gasteiger partial charge is 0.396 e. The fraction of sp³-hybridized carbons (Fsp3) is 0.765. The Bertz CT molecular complexity index is 452. The maximum absolute atomic E-state index is 9.41. The first-order chi connectivity index (χ1) is 11.3. The number of guanidine groups is 1. The van der Waals surface area contributed by atoms with Crippen LogP contribution in [-0.2, 0) is 6.54 Å². The van der Waals surface area contributed by atoms with Crippen molar-refractivity contribution in [3.63, 3.8) is 0 Å². The summed E-state index contributed by atoms with van der Waals surface area (Å²) in [6, 6.07) is 0. The molecule has 0 amide bonds. The van der Waals surface area contributed by atoms with E-state index >= 15 is 0 Å². The lowest BCUT2D eigenvalue weighted by Crippen LogP contribution is -2.40. The second kappa shape index (κ2) is 11.7. The lowest BCUT2D eigenvalue weighted by molar-refractivity contribution is 0.137. The highest BCUT2D eigenvalue weighted by atomic mass is 127. The van der Waals surface area contributed by atoms with Crippen molar-refractivity contribution < 1.29 is 5.11 Å². The molecule has 1 saturated carbocycles. The molecule has 24 heavy (non-hydrogen) atoms. The van der Waals surface area contributed by atoms with E-state index in [0.717, 1.165) is 38.6 Å². The van der Waals surface area contributed by atoms with Crippen LogP contribution in [0.15, 0.2) is 23.7 Å². The summed E-state index contributed by atoms with van der Waals surface area (Å²) in [6.07, 6.45) is 12.7. The number of imidazole rings is 1. The van der Waals surface area contributed by atoms with Gasteiger partial charge < -0.3 is 20.3 Å². The van der Waals surface area contributed by atoms with Crippen LogP contribution in [0.4, 0.5) is 0 Å². The first kappa shape index (κ1) is 21.2. The monoisotopic (exact) mass is 449 g/mol. The van der Waals surface area contributed by atoms with Crippen molar-refractivity contribution in [3.05, 3.63) is 18.7 Å². The van der Waals surface area contributed by atoms with Crippen molar-refractivity contribution in [2.45, 2.75) is 52.0 Å². The SMILES string of the molecule is CCNC(=NCC1(CCO)CCCCC1)NCCn1ccnc1.I. The Kier molecular flexibility index (Phi) is 10.3. The Morgan fingerprint density at radius 1 is 1.29 bits per heavy atom. The number of nitrogens with zero attached hydrogens (tertiary/aromatic N) is 3. The number of aliphatic hydroxyl groups excluding tert-OH is 1. The van der Waals surface area contributed by atoms with E-state index in [9.17, 15) is 5.11 Å². The van der Waals surface area contributed by atoms with E-state index in [2.05, 4.69) is 22.5 Å². The van der Waals surface area contributed by atoms with Gasteiger partial charge in [-0.15, -0.1) is 24.0 Å². The third-order valence-corrected chi connectivity index (χ3v) is 4.69. The van der Waals surface area contributed by atoms with Gasteiger partial charge in [0, 0.05) is 45.2 Å². The summed E-state index contributed by atoms with van der Waals surface area (Å²) in [4.78, 5) is 8.85. The summed E-state index contributed by atoms with van der Waals surface area (Å²) in [6.45, 7) is 5.68. The van der Waals surface area contributed by atoms with Gasteiger partial charge in [0.25, 0.3) is 0 Å². The van der Waals surface area contributed by atoms with Crippen molar-refractivity contribution in [3.8, 4) is 0 Å². The quantitative estimate of drug-likeness (QED) is 0.324. The van der Waals surface area contributed by atoms with E-state index in [1.165, 1.54) is 32.1 Å². The maximum Gasteiger partial charge on any atom is 0.191 e. The topological polar surface area (TPSA) is 74.5 Å². The molecule has 6 nitrogen and oxygen atoms in total. The van der Waals surface area contributed by atoms with Crippen LogP contribution in [0, 0.1) is 5.41 Å². The average Bonchev–Trinajstić information content (AvgIpc) is 3.07. The summed E-state index contributed by atoms with van der Waals surface area (Å²) < 4.78 is 2.05. The van der Waals surface area contributed by atoms with Crippen LogP contribution in [0.5, 0.6) is 0 Å². The van der Waals surface area contributed by atoms with Crippen molar-refractivity contribution >= 4 is 29.9 Å². The van der Waals surface area contributed by atoms with Crippen LogP contribution in [0.3, 0.4) is 0 Å². The number of aliphatic hydroxyl groups is 1. The number of rotatable bonds is 8. The first-order valence-electron chi connectivity index (χ1n) is 8.87. The first-order valence-corrected chi connectivity index (χ1v) is 8.87. The molecule has 3 N–H and O–H groups in total. The van der Waals surface area contributed by atoms with Crippen LogP contribution in [0.2, 0.25) is 0 Å². The van der Waals surface area contributed by atoms with Gasteiger partial charge in [0.2, 0.25) is 0 Å². The highest BCUT2D eigenvalue weighted by Crippen LogP contribution is 2.39. The van der Waals surface area contributed by atoms with Crippen LogP contribution < -0.4 is 10.6 Å². The van der Waals surface area contributed by atoms with Gasteiger partial charge in [0.1, 0.15) is 0 Å². The molecule has 0 saturated heterocycles. The molecule has 0 unspecified atom stereocenters. The number of halogens is 1. The van der Waals surface area contributed by atoms with Crippen LogP contribution >= 0.6 is 24.0 Å². The Balaban J connectivity index is 0.00000288. The molecule has 138 valence electrons. The zero-order valence-electron chi connectivity index (χ0n) is 14.7. The van der Waals surface area contributed by atoms with E-state index in [0.29, 0.717) is 0 Å². The standard InChI is InChI=1S/C17H31N5O.HI/c1-2-19-16(20-10-12-22-11-9-18-15-22)21-14-17(8-13-23)6-4-3-5-7-17;/h9,11,15,23H,2-8,10,12-14H2,1H3,(H2,19,20,21);1H. The van der Waals surface area contributed by atoms with Crippen LogP contribution in [0.25, 0.3) is 0 Å². The minimum absolute atomic E-state index is 0. The normalized spacial score (nSPS) is 17.2. The van der Waals surface area contributed by atoms with Gasteiger partial charge in [-0.1, -0.05) is 19.3 Å². The summed E-state index contributed by atoms with van der Waals surface area (Å²) in [5.41, 5.74) is 0.194. The molecule has 1 aromatic rings. The second-order valence-corrected chi connectivity index (χ2v) is 6.46. The Morgan fingerprint density at radius 3 is 2.71 bits per heavy atom. The molecule has 0 radical (unpaired) electrons. The molecule has 1 heterocycles. The molecule has 0 aromatic carbocycles. The summed E-state index contributed by atoms with van der Waals surface area (Å²) >= 11 is 0. The van der Waals surface area contributed by atoms with Crippen LogP contribution in [0.1, 0.15) is 45.4 Å². The van der Waals surface area contributed by atoms with Crippen molar-refractivity contribution in [2.24, 2.45) is 10.4 Å². The molecule has 1 aromatic heterocycles. The summed E-state index contributed by atoms with van der Waals surface area (Å²) in [5.74, 6) is 0.871. The number of hydrogen-bond acceptors (Lipinski definition) is 3. The van der Waals surface area contributed by atoms with E-state index < -0.39 is 0 Å². The van der Waals surface area contributed by atoms with Gasteiger partial charge in [0.05, 0.1) is 6.33 Å². The number of hydrogen-bond donors (Lipinski definition) is 3. The van der Waals surface area contributed by atoms with E-state index in [1.54, 1.807) is 6.20 Å². The fourth-order valence-electron chi connectivity index (χ4n) is 3.34. The Morgan fingerprint density at radius 2 is 2.08 bits per heavy atom. The van der Waals surface area contributed by atoms with Gasteiger partial charge in [-0.3, -0.25) is 4.99 Å². The highest BCUT2D eigenvalue weighted by Gasteiger charge is 2.31. The molecule has 0 aliphatic heterocycles. The minimum atomic E-state index is 0. The summed E-state index contributed by atoms with van der Waals surface area (Å²) in [5, 5.41) is 16.1. The molecule has 0 bridgehead atoms. The molecule has 7 heteroatoms. The molecule has 0 spiro atoms. The van der Waals surface area contributed by atoms with Crippen molar-refractivity contribution in [1.29, 1.82) is 0 Å². The van der Waals surface area contributed by atoms with Gasteiger partial charge in [-0.25, -0.2) is 4.98 Å². The number of aromatic nitrogens is 2. The molecule has 1 fully saturated rings. The number of nitrogens with one attached hydrogen (secondary N) is 2. The maximum atomic E-state index is 9.41. The van der Waals surface area contributed by atoms with Gasteiger partial charge >= 0.3 is 0 Å². The third-order valence-electron chi connectivity index (χ3n) is 4.69. The third kappa shape index (κ3) is 6.96. The van der Waals surface area contributed by atoms with Crippen molar-refractivity contribution in [2.75, 3.05) is 26.2 Å². The lowest BCUT2D eigenvalue weighted by atomic mass is 9.72. The zero-order chi connectivity index (χ0) is 16.4. The molecule has 2 rings (SSSR count). The summed E-state index contributed by atoms with van der Waals surface area (Å²) in [7, 11) is 0. The molecule has 1 aliphatic carbocycles. The van der Waals surface area contributed by atoms with E-state index in [1.807, 2.05) is 17.1 Å². The lowest BCUT2D eigenvalue weighted by Gasteiger charge is -2.35. The predicted octanol–water partition coefficient (Wildman–Crippen LogP) is 2.39. The molecular formula is C17H32IN5O. The van der Waals surface area contributed by atoms with Gasteiger partial charge in [-0.05, 0) is 31.6 Å².